The van der Waals surface area contributed by atoms with Crippen molar-refractivity contribution in [2.75, 3.05) is 18.4 Å². The summed E-state index contributed by atoms with van der Waals surface area (Å²) >= 11 is 5.93. The van der Waals surface area contributed by atoms with Crippen LogP contribution in [0.4, 0.5) is 10.1 Å². The third-order valence-corrected chi connectivity index (χ3v) is 6.48. The number of halogens is 2. The molecule has 28 heavy (non-hydrogen) atoms. The number of rotatable bonds is 5. The number of carbonyl (C=O) groups excluding carboxylic acids is 1. The zero-order valence-electron chi connectivity index (χ0n) is 15.0. The van der Waals surface area contributed by atoms with Crippen LogP contribution in [0.1, 0.15) is 18.4 Å². The van der Waals surface area contributed by atoms with Gasteiger partial charge in [0.2, 0.25) is 15.9 Å². The molecule has 0 aliphatic carbocycles. The molecule has 0 bridgehead atoms. The highest BCUT2D eigenvalue weighted by atomic mass is 35.5. The van der Waals surface area contributed by atoms with Gasteiger partial charge in [-0.05, 0) is 42.7 Å². The second-order valence-corrected chi connectivity index (χ2v) is 8.77. The highest BCUT2D eigenvalue weighted by Gasteiger charge is 2.30. The van der Waals surface area contributed by atoms with E-state index in [0.717, 1.165) is 11.6 Å². The van der Waals surface area contributed by atoms with Crippen LogP contribution in [0.15, 0.2) is 53.9 Å². The minimum Gasteiger partial charge on any atom is -0.325 e. The van der Waals surface area contributed by atoms with Crippen LogP contribution in [0, 0.1) is 11.7 Å². The number of piperidine rings is 1. The number of nitrogens with one attached hydrogen (secondary N) is 1. The van der Waals surface area contributed by atoms with Crippen LogP contribution in [-0.2, 0) is 14.8 Å². The van der Waals surface area contributed by atoms with Crippen molar-refractivity contribution in [2.45, 2.75) is 12.8 Å². The summed E-state index contributed by atoms with van der Waals surface area (Å²) in [5, 5.41) is 4.01. The number of anilines is 1. The van der Waals surface area contributed by atoms with Crippen molar-refractivity contribution in [2.24, 2.45) is 5.92 Å². The minimum atomic E-state index is -3.54. The molecule has 0 unspecified atom stereocenters. The molecule has 0 saturated carbocycles. The maximum atomic E-state index is 13.1. The van der Waals surface area contributed by atoms with Gasteiger partial charge in [-0.3, -0.25) is 4.79 Å². The monoisotopic (exact) mass is 422 g/mol. The highest BCUT2D eigenvalue weighted by molar-refractivity contribution is 7.92. The van der Waals surface area contributed by atoms with E-state index in [1.807, 2.05) is 30.3 Å². The van der Waals surface area contributed by atoms with Crippen LogP contribution in [0.25, 0.3) is 6.08 Å². The Balaban J connectivity index is 1.57. The van der Waals surface area contributed by atoms with E-state index < -0.39 is 15.8 Å². The molecule has 148 valence electrons. The number of benzene rings is 2. The largest absolute Gasteiger partial charge is 0.325 e. The molecule has 1 saturated heterocycles. The molecule has 0 radical (unpaired) electrons. The van der Waals surface area contributed by atoms with Crippen LogP contribution >= 0.6 is 11.6 Å². The zero-order chi connectivity index (χ0) is 20.1. The van der Waals surface area contributed by atoms with E-state index in [1.165, 1.54) is 21.8 Å². The predicted molar refractivity (Wildman–Crippen MR) is 109 cm³/mol. The van der Waals surface area contributed by atoms with Crippen LogP contribution in [0.3, 0.4) is 0 Å². The topological polar surface area (TPSA) is 66.5 Å². The van der Waals surface area contributed by atoms with Crippen LogP contribution in [-0.4, -0.2) is 31.7 Å². The zero-order valence-corrected chi connectivity index (χ0v) is 16.6. The first-order valence-corrected chi connectivity index (χ1v) is 10.7. The lowest BCUT2D eigenvalue weighted by atomic mass is 9.97. The van der Waals surface area contributed by atoms with Crippen LogP contribution < -0.4 is 5.32 Å². The molecular weight excluding hydrogens is 403 g/mol. The second kappa shape index (κ2) is 8.86. The summed E-state index contributed by atoms with van der Waals surface area (Å²) in [6.07, 6.45) is 2.37. The lowest BCUT2D eigenvalue weighted by Gasteiger charge is -2.29. The van der Waals surface area contributed by atoms with Crippen molar-refractivity contribution in [1.82, 2.24) is 4.31 Å². The fraction of sp³-hybridized carbons (Fsp3) is 0.250. The summed E-state index contributed by atoms with van der Waals surface area (Å²) in [5.41, 5.74) is 1.14. The summed E-state index contributed by atoms with van der Waals surface area (Å²) in [6, 6.07) is 12.9. The quantitative estimate of drug-likeness (QED) is 0.787. The Morgan fingerprint density at radius 2 is 1.82 bits per heavy atom. The van der Waals surface area contributed by atoms with Crippen LogP contribution in [0.5, 0.6) is 0 Å². The van der Waals surface area contributed by atoms with Gasteiger partial charge in [-0.25, -0.2) is 12.8 Å². The minimum absolute atomic E-state index is 0.124. The average Bonchev–Trinajstić information content (AvgIpc) is 2.69. The fourth-order valence-corrected chi connectivity index (χ4v) is 4.45. The van der Waals surface area contributed by atoms with E-state index in [4.69, 9.17) is 11.6 Å². The predicted octanol–water partition coefficient (Wildman–Crippen LogP) is 4.13. The third-order valence-electron chi connectivity index (χ3n) is 4.61. The smallest absolute Gasteiger partial charge is 0.236 e. The normalized spacial score (nSPS) is 16.4. The van der Waals surface area contributed by atoms with E-state index in [9.17, 15) is 17.6 Å². The Morgan fingerprint density at radius 1 is 1.14 bits per heavy atom. The van der Waals surface area contributed by atoms with E-state index in [1.54, 1.807) is 6.08 Å². The molecule has 5 nitrogen and oxygen atoms in total. The van der Waals surface area contributed by atoms with Gasteiger partial charge < -0.3 is 5.32 Å². The van der Waals surface area contributed by atoms with Crippen molar-refractivity contribution in [3.63, 3.8) is 0 Å². The third kappa shape index (κ3) is 5.19. The van der Waals surface area contributed by atoms with Gasteiger partial charge in [0, 0.05) is 24.4 Å². The first kappa shape index (κ1) is 20.5. The number of nitrogens with zero attached hydrogens (tertiary/aromatic N) is 1. The van der Waals surface area contributed by atoms with Crippen molar-refractivity contribution in [3.8, 4) is 0 Å². The van der Waals surface area contributed by atoms with E-state index in [0.29, 0.717) is 18.5 Å². The molecule has 8 heteroatoms. The van der Waals surface area contributed by atoms with Gasteiger partial charge in [0.25, 0.3) is 0 Å². The van der Waals surface area contributed by atoms with Crippen molar-refractivity contribution in [3.05, 3.63) is 70.3 Å². The lowest BCUT2D eigenvalue weighted by molar-refractivity contribution is -0.120. The Bertz CT molecular complexity index is 972. The first-order chi connectivity index (χ1) is 13.3. The molecule has 0 atom stereocenters. The molecule has 2 aromatic carbocycles. The molecular formula is C20H20ClFN2O3S. The number of sulfonamides is 1. The lowest BCUT2D eigenvalue weighted by Crippen LogP contribution is -2.40. The number of hydrogen-bond acceptors (Lipinski definition) is 3. The Morgan fingerprint density at radius 3 is 2.46 bits per heavy atom. The van der Waals surface area contributed by atoms with Gasteiger partial charge in [0.1, 0.15) is 5.82 Å². The molecule has 1 amide bonds. The van der Waals surface area contributed by atoms with Gasteiger partial charge in [0.15, 0.2) is 0 Å². The van der Waals surface area contributed by atoms with Crippen LogP contribution in [0.2, 0.25) is 5.02 Å². The molecule has 1 aliphatic rings. The number of hydrogen-bond donors (Lipinski definition) is 1. The molecule has 0 aromatic heterocycles. The van der Waals surface area contributed by atoms with Crippen molar-refractivity contribution in [1.29, 1.82) is 0 Å². The summed E-state index contributed by atoms with van der Waals surface area (Å²) in [7, 11) is -3.54. The number of carbonyl (C=O) groups is 1. The molecule has 1 aliphatic heterocycles. The molecule has 2 aromatic rings. The van der Waals surface area contributed by atoms with E-state index in [2.05, 4.69) is 5.32 Å². The Hall–Kier alpha value is -2.22. The summed E-state index contributed by atoms with van der Waals surface area (Å²) in [4.78, 5) is 12.4. The van der Waals surface area contributed by atoms with E-state index >= 15 is 0 Å². The fourth-order valence-electron chi connectivity index (χ4n) is 3.01. The molecule has 1 heterocycles. The van der Waals surface area contributed by atoms with Gasteiger partial charge in [-0.1, -0.05) is 41.9 Å². The average molecular weight is 423 g/mol. The molecule has 1 N–H and O–H groups in total. The summed E-state index contributed by atoms with van der Waals surface area (Å²) in [5.74, 6) is -1.05. The van der Waals surface area contributed by atoms with Gasteiger partial charge in [0.05, 0.1) is 10.7 Å². The Labute approximate surface area is 168 Å². The Kier molecular flexibility index (Phi) is 6.49. The number of amides is 1. The van der Waals surface area contributed by atoms with Gasteiger partial charge in [-0.2, -0.15) is 4.31 Å². The second-order valence-electron chi connectivity index (χ2n) is 6.55. The van der Waals surface area contributed by atoms with Gasteiger partial charge >= 0.3 is 0 Å². The highest BCUT2D eigenvalue weighted by Crippen LogP contribution is 2.26. The van der Waals surface area contributed by atoms with E-state index in [-0.39, 0.29) is 29.9 Å². The molecule has 0 spiro atoms. The first-order valence-electron chi connectivity index (χ1n) is 8.84. The maximum absolute atomic E-state index is 13.1. The van der Waals surface area contributed by atoms with Gasteiger partial charge in [-0.15, -0.1) is 0 Å². The molecule has 1 fully saturated rings. The standard InChI is InChI=1S/C20H20ClFN2O3S/c21-18-14-17(22)6-7-19(18)23-20(25)16-8-11-24(12-9-16)28(26,27)13-10-15-4-2-1-3-5-15/h1-7,10,13-14,16H,8-9,11-12H2,(H,23,25)/b13-10+. The SMILES string of the molecule is O=C(Nc1ccc(F)cc1Cl)C1CCN(S(=O)(=O)/C=C/c2ccccc2)CC1. The maximum Gasteiger partial charge on any atom is 0.236 e. The molecule has 3 rings (SSSR count). The van der Waals surface area contributed by atoms with Crippen molar-refractivity contribution < 1.29 is 17.6 Å². The summed E-state index contributed by atoms with van der Waals surface area (Å²) < 4.78 is 39.5. The van der Waals surface area contributed by atoms with Crippen molar-refractivity contribution >= 4 is 39.3 Å². The summed E-state index contributed by atoms with van der Waals surface area (Å²) in [6.45, 7) is 0.521.